The molecule has 0 aliphatic carbocycles. The maximum absolute atomic E-state index is 11.8. The Morgan fingerprint density at radius 1 is 1.42 bits per heavy atom. The summed E-state index contributed by atoms with van der Waals surface area (Å²) in [5, 5.41) is 16.8. The van der Waals surface area contributed by atoms with Gasteiger partial charge in [0, 0.05) is 16.6 Å². The number of hydrogen-bond acceptors (Lipinski definition) is 3. The molecule has 0 radical (unpaired) electrons. The average Bonchev–Trinajstić information content (AvgIpc) is 2.88. The van der Waals surface area contributed by atoms with E-state index in [9.17, 15) is 9.90 Å². The molecule has 1 unspecified atom stereocenters. The van der Waals surface area contributed by atoms with Crippen LogP contribution in [0.1, 0.15) is 24.5 Å². The van der Waals surface area contributed by atoms with E-state index in [0.29, 0.717) is 15.6 Å². The van der Waals surface area contributed by atoms with Crippen molar-refractivity contribution in [1.29, 1.82) is 0 Å². The fourth-order valence-corrected chi connectivity index (χ4v) is 2.66. The van der Waals surface area contributed by atoms with Crippen LogP contribution in [-0.2, 0) is 4.79 Å². The first kappa shape index (κ1) is 14.6. The molecule has 1 saturated heterocycles. The van der Waals surface area contributed by atoms with Crippen molar-refractivity contribution in [2.24, 2.45) is 0 Å². The molecule has 1 heterocycles. The fourth-order valence-electron chi connectivity index (χ4n) is 2.11. The van der Waals surface area contributed by atoms with Gasteiger partial charge in [-0.15, -0.1) is 0 Å². The molecule has 4 nitrogen and oxygen atoms in total. The summed E-state index contributed by atoms with van der Waals surface area (Å²) < 4.78 is 0. The molecule has 104 valence electrons. The summed E-state index contributed by atoms with van der Waals surface area (Å²) in [6.45, 7) is 1.01. The summed E-state index contributed by atoms with van der Waals surface area (Å²) in [7, 11) is 0. The highest BCUT2D eigenvalue weighted by molar-refractivity contribution is 6.34. The predicted octanol–water partition coefficient (Wildman–Crippen LogP) is 1.89. The molecule has 19 heavy (non-hydrogen) atoms. The summed E-state index contributed by atoms with van der Waals surface area (Å²) in [6.07, 6.45) is 1.02. The van der Waals surface area contributed by atoms with Crippen molar-refractivity contribution in [3.63, 3.8) is 0 Å². The minimum Gasteiger partial charge on any atom is -0.387 e. The SMILES string of the molecule is O=C(NCC(O)c1cc(Cl)cc(Cl)c1)[C@@H]1CCCN1. The molecule has 2 rings (SSSR count). The van der Waals surface area contributed by atoms with E-state index >= 15 is 0 Å². The zero-order valence-electron chi connectivity index (χ0n) is 10.3. The summed E-state index contributed by atoms with van der Waals surface area (Å²) in [4.78, 5) is 11.8. The smallest absolute Gasteiger partial charge is 0.237 e. The largest absolute Gasteiger partial charge is 0.387 e. The molecule has 0 bridgehead atoms. The quantitative estimate of drug-likeness (QED) is 0.796. The minimum atomic E-state index is -0.818. The Hall–Kier alpha value is -0.810. The molecule has 1 aliphatic heterocycles. The van der Waals surface area contributed by atoms with Crippen LogP contribution in [0.2, 0.25) is 10.0 Å². The van der Waals surface area contributed by atoms with Crippen LogP contribution in [0.15, 0.2) is 18.2 Å². The van der Waals surface area contributed by atoms with Crippen LogP contribution >= 0.6 is 23.2 Å². The topological polar surface area (TPSA) is 61.4 Å². The number of aliphatic hydroxyl groups excluding tert-OH is 1. The van der Waals surface area contributed by atoms with Gasteiger partial charge in [0.05, 0.1) is 12.1 Å². The van der Waals surface area contributed by atoms with Crippen molar-refractivity contribution in [1.82, 2.24) is 10.6 Å². The van der Waals surface area contributed by atoms with Crippen LogP contribution < -0.4 is 10.6 Å². The number of carbonyl (C=O) groups is 1. The third-order valence-corrected chi connectivity index (χ3v) is 3.55. The molecule has 6 heteroatoms. The van der Waals surface area contributed by atoms with Crippen molar-refractivity contribution in [3.8, 4) is 0 Å². The molecule has 1 aliphatic rings. The third kappa shape index (κ3) is 4.08. The third-order valence-electron chi connectivity index (χ3n) is 3.12. The van der Waals surface area contributed by atoms with Gasteiger partial charge in [0.1, 0.15) is 0 Å². The summed E-state index contributed by atoms with van der Waals surface area (Å²) >= 11 is 11.7. The Morgan fingerprint density at radius 3 is 2.68 bits per heavy atom. The van der Waals surface area contributed by atoms with E-state index in [1.54, 1.807) is 18.2 Å². The summed E-state index contributed by atoms with van der Waals surface area (Å²) in [6, 6.07) is 4.73. The van der Waals surface area contributed by atoms with Crippen molar-refractivity contribution in [3.05, 3.63) is 33.8 Å². The van der Waals surface area contributed by atoms with Gasteiger partial charge in [0.25, 0.3) is 0 Å². The minimum absolute atomic E-state index is 0.0790. The number of hydrogen-bond donors (Lipinski definition) is 3. The fraction of sp³-hybridized carbons (Fsp3) is 0.462. The number of halogens is 2. The van der Waals surface area contributed by atoms with E-state index in [0.717, 1.165) is 19.4 Å². The lowest BCUT2D eigenvalue weighted by molar-refractivity contribution is -0.123. The molecule has 3 N–H and O–H groups in total. The molecular weight excluding hydrogens is 287 g/mol. The molecule has 1 fully saturated rings. The zero-order valence-corrected chi connectivity index (χ0v) is 11.8. The van der Waals surface area contributed by atoms with Gasteiger partial charge in [0.15, 0.2) is 0 Å². The maximum Gasteiger partial charge on any atom is 0.237 e. The first-order valence-corrected chi connectivity index (χ1v) is 6.97. The second kappa shape index (κ2) is 6.57. The number of benzene rings is 1. The number of carbonyl (C=O) groups excluding carboxylic acids is 1. The van der Waals surface area contributed by atoms with Gasteiger partial charge in [-0.25, -0.2) is 0 Å². The van der Waals surface area contributed by atoms with E-state index < -0.39 is 6.10 Å². The Balaban J connectivity index is 1.89. The van der Waals surface area contributed by atoms with Gasteiger partial charge < -0.3 is 15.7 Å². The highest BCUT2D eigenvalue weighted by Gasteiger charge is 2.22. The molecular formula is C13H16Cl2N2O2. The maximum atomic E-state index is 11.8. The highest BCUT2D eigenvalue weighted by Crippen LogP contribution is 2.23. The van der Waals surface area contributed by atoms with Crippen molar-refractivity contribution in [2.75, 3.05) is 13.1 Å². The lowest BCUT2D eigenvalue weighted by Crippen LogP contribution is -2.41. The Bertz CT molecular complexity index is 442. The average molecular weight is 303 g/mol. The van der Waals surface area contributed by atoms with Gasteiger partial charge in [-0.1, -0.05) is 23.2 Å². The number of aliphatic hydroxyl groups is 1. The van der Waals surface area contributed by atoms with E-state index in [-0.39, 0.29) is 18.5 Å². The van der Waals surface area contributed by atoms with Crippen LogP contribution in [-0.4, -0.2) is 30.1 Å². The van der Waals surface area contributed by atoms with Crippen LogP contribution in [0.4, 0.5) is 0 Å². The highest BCUT2D eigenvalue weighted by atomic mass is 35.5. The molecule has 0 spiro atoms. The molecule has 0 saturated carbocycles. The van der Waals surface area contributed by atoms with Crippen LogP contribution in [0.5, 0.6) is 0 Å². The lowest BCUT2D eigenvalue weighted by Gasteiger charge is -2.15. The monoisotopic (exact) mass is 302 g/mol. The lowest BCUT2D eigenvalue weighted by atomic mass is 10.1. The van der Waals surface area contributed by atoms with Crippen molar-refractivity contribution < 1.29 is 9.90 Å². The molecule has 2 atom stereocenters. The van der Waals surface area contributed by atoms with Gasteiger partial charge in [-0.2, -0.15) is 0 Å². The van der Waals surface area contributed by atoms with E-state index in [4.69, 9.17) is 23.2 Å². The van der Waals surface area contributed by atoms with E-state index in [1.165, 1.54) is 0 Å². The van der Waals surface area contributed by atoms with Crippen LogP contribution in [0.25, 0.3) is 0 Å². The first-order chi connectivity index (χ1) is 9.06. The Kier molecular flexibility index (Phi) is 5.05. The second-order valence-corrected chi connectivity index (χ2v) is 5.49. The Labute approximate surface area is 122 Å². The number of nitrogens with one attached hydrogen (secondary N) is 2. The normalized spacial score (nSPS) is 20.3. The molecule has 0 aromatic heterocycles. The van der Waals surface area contributed by atoms with Gasteiger partial charge in [-0.3, -0.25) is 4.79 Å². The zero-order chi connectivity index (χ0) is 13.8. The standard InChI is InChI=1S/C13H16Cl2N2O2/c14-9-4-8(5-10(15)6-9)12(18)7-17-13(19)11-2-1-3-16-11/h4-6,11-12,16,18H,1-3,7H2,(H,17,19)/t11-,12?/m0/s1. The van der Waals surface area contributed by atoms with Crippen molar-refractivity contribution in [2.45, 2.75) is 25.0 Å². The van der Waals surface area contributed by atoms with Crippen molar-refractivity contribution >= 4 is 29.1 Å². The Morgan fingerprint density at radius 2 is 2.11 bits per heavy atom. The van der Waals surface area contributed by atoms with Crippen LogP contribution in [0.3, 0.4) is 0 Å². The second-order valence-electron chi connectivity index (χ2n) is 4.61. The van der Waals surface area contributed by atoms with Gasteiger partial charge in [-0.05, 0) is 43.1 Å². The number of rotatable bonds is 4. The van der Waals surface area contributed by atoms with E-state index in [1.807, 2.05) is 0 Å². The van der Waals surface area contributed by atoms with Gasteiger partial charge in [0.2, 0.25) is 5.91 Å². The summed E-state index contributed by atoms with van der Waals surface area (Å²) in [5.41, 5.74) is 0.595. The summed E-state index contributed by atoms with van der Waals surface area (Å²) in [5.74, 6) is -0.0790. The molecule has 1 aromatic carbocycles. The molecule has 1 amide bonds. The van der Waals surface area contributed by atoms with Gasteiger partial charge >= 0.3 is 0 Å². The predicted molar refractivity (Wildman–Crippen MR) is 75.5 cm³/mol. The number of amides is 1. The van der Waals surface area contributed by atoms with E-state index in [2.05, 4.69) is 10.6 Å². The van der Waals surface area contributed by atoms with Crippen LogP contribution in [0, 0.1) is 0 Å². The first-order valence-electron chi connectivity index (χ1n) is 6.21. The molecule has 1 aromatic rings.